The second-order valence-corrected chi connectivity index (χ2v) is 4.77. The van der Waals surface area contributed by atoms with Gasteiger partial charge < -0.3 is 9.90 Å². The zero-order valence-corrected chi connectivity index (χ0v) is 9.87. The number of piperidine rings is 1. The van der Waals surface area contributed by atoms with Crippen molar-refractivity contribution >= 4 is 5.97 Å². The molecule has 0 saturated carbocycles. The number of carbonyl (C=O) groups is 1. The van der Waals surface area contributed by atoms with Crippen molar-refractivity contribution < 1.29 is 27.8 Å². The summed E-state index contributed by atoms with van der Waals surface area (Å²) in [7, 11) is 1.47. The van der Waals surface area contributed by atoms with Crippen LogP contribution in [0, 0.1) is 11.3 Å². The number of carboxylic acids is 1. The lowest BCUT2D eigenvalue weighted by molar-refractivity contribution is -0.372. The Bertz CT molecular complexity index is 308. The average molecular weight is 254 g/mol. The van der Waals surface area contributed by atoms with Gasteiger partial charge in [0, 0.05) is 17.9 Å². The highest BCUT2D eigenvalue weighted by atomic mass is 19.4. The standard InChI is InChI=1S/C10H16F3NO3/c1-6-5-14(3)7(17-10(11,12)13)4-9(6,2)8(15)16/h6-7H,4-5H2,1-3H3,(H,15,16)/p-1. The second kappa shape index (κ2) is 4.45. The molecular weight excluding hydrogens is 239 g/mol. The molecule has 3 atom stereocenters. The average Bonchev–Trinajstić information content (AvgIpc) is 2.11. The summed E-state index contributed by atoms with van der Waals surface area (Å²) in [5.41, 5.74) is -1.30. The van der Waals surface area contributed by atoms with Crippen LogP contribution in [0.4, 0.5) is 13.2 Å². The largest absolute Gasteiger partial charge is 0.550 e. The number of halogens is 3. The van der Waals surface area contributed by atoms with Gasteiger partial charge in [-0.25, -0.2) is 0 Å². The van der Waals surface area contributed by atoms with Crippen LogP contribution in [0.25, 0.3) is 0 Å². The maximum atomic E-state index is 12.2. The van der Waals surface area contributed by atoms with Gasteiger partial charge in [-0.05, 0) is 19.4 Å². The summed E-state index contributed by atoms with van der Waals surface area (Å²) in [6.07, 6.45) is -6.30. The van der Waals surface area contributed by atoms with Crippen LogP contribution in [0.5, 0.6) is 0 Å². The van der Waals surface area contributed by atoms with Crippen molar-refractivity contribution in [1.82, 2.24) is 4.90 Å². The maximum absolute atomic E-state index is 12.2. The number of rotatable bonds is 2. The molecule has 0 spiro atoms. The first kappa shape index (κ1) is 14.2. The quantitative estimate of drug-likeness (QED) is 0.723. The van der Waals surface area contributed by atoms with E-state index in [1.807, 2.05) is 0 Å². The van der Waals surface area contributed by atoms with Gasteiger partial charge >= 0.3 is 6.36 Å². The number of aliphatic carboxylic acids is 1. The molecule has 1 fully saturated rings. The summed E-state index contributed by atoms with van der Waals surface area (Å²) in [6.45, 7) is 3.29. The maximum Gasteiger partial charge on any atom is 0.524 e. The summed E-state index contributed by atoms with van der Waals surface area (Å²) in [5.74, 6) is -1.64. The fourth-order valence-electron chi connectivity index (χ4n) is 2.04. The molecule has 0 aromatic rings. The molecule has 7 heteroatoms. The molecule has 0 aromatic heterocycles. The summed E-state index contributed by atoms with van der Waals surface area (Å²) in [5, 5.41) is 11.0. The van der Waals surface area contributed by atoms with E-state index in [-0.39, 0.29) is 18.9 Å². The highest BCUT2D eigenvalue weighted by molar-refractivity contribution is 5.72. The molecule has 1 rings (SSSR count). The Morgan fingerprint density at radius 2 is 2.06 bits per heavy atom. The molecule has 0 aromatic carbocycles. The van der Waals surface area contributed by atoms with E-state index in [1.54, 1.807) is 6.92 Å². The molecular formula is C10H15F3NO3-. The molecule has 3 unspecified atom stereocenters. The summed E-state index contributed by atoms with van der Waals surface area (Å²) >= 11 is 0. The van der Waals surface area contributed by atoms with Gasteiger partial charge in [-0.3, -0.25) is 9.64 Å². The minimum absolute atomic E-state index is 0.214. The molecule has 0 amide bonds. The van der Waals surface area contributed by atoms with Crippen molar-refractivity contribution in [3.05, 3.63) is 0 Å². The smallest absolute Gasteiger partial charge is 0.524 e. The van der Waals surface area contributed by atoms with E-state index in [1.165, 1.54) is 18.9 Å². The summed E-state index contributed by atoms with van der Waals surface area (Å²) in [4.78, 5) is 12.4. The molecule has 4 nitrogen and oxygen atoms in total. The van der Waals surface area contributed by atoms with E-state index < -0.39 is 24.0 Å². The van der Waals surface area contributed by atoms with Crippen LogP contribution < -0.4 is 5.11 Å². The molecule has 0 radical (unpaired) electrons. The van der Waals surface area contributed by atoms with Crippen LogP contribution in [0.2, 0.25) is 0 Å². The van der Waals surface area contributed by atoms with E-state index in [9.17, 15) is 23.1 Å². The van der Waals surface area contributed by atoms with E-state index >= 15 is 0 Å². The first-order valence-electron chi connectivity index (χ1n) is 5.22. The lowest BCUT2D eigenvalue weighted by Gasteiger charge is -2.47. The van der Waals surface area contributed by atoms with Crippen molar-refractivity contribution in [1.29, 1.82) is 0 Å². The van der Waals surface area contributed by atoms with Gasteiger partial charge in [-0.1, -0.05) is 13.8 Å². The predicted molar refractivity (Wildman–Crippen MR) is 50.5 cm³/mol. The van der Waals surface area contributed by atoms with Crippen molar-refractivity contribution in [2.45, 2.75) is 32.9 Å². The Morgan fingerprint density at radius 1 is 1.53 bits per heavy atom. The normalized spacial score (nSPS) is 35.9. The second-order valence-electron chi connectivity index (χ2n) is 4.77. The van der Waals surface area contributed by atoms with Crippen LogP contribution in [0.15, 0.2) is 0 Å². The third-order valence-corrected chi connectivity index (χ3v) is 3.48. The van der Waals surface area contributed by atoms with Crippen LogP contribution in [0.3, 0.4) is 0 Å². The third-order valence-electron chi connectivity index (χ3n) is 3.48. The van der Waals surface area contributed by atoms with Crippen molar-refractivity contribution in [2.75, 3.05) is 13.6 Å². The minimum Gasteiger partial charge on any atom is -0.550 e. The lowest BCUT2D eigenvalue weighted by atomic mass is 9.72. The number of hydrogen-bond acceptors (Lipinski definition) is 4. The number of carboxylic acid groups (broad SMARTS) is 1. The van der Waals surface area contributed by atoms with E-state index in [2.05, 4.69) is 4.74 Å². The molecule has 1 heterocycles. The Hall–Kier alpha value is -0.820. The van der Waals surface area contributed by atoms with E-state index in [0.717, 1.165) is 0 Å². The molecule has 0 N–H and O–H groups in total. The Kier molecular flexibility index (Phi) is 3.73. The zero-order chi connectivity index (χ0) is 13.4. The van der Waals surface area contributed by atoms with Crippen LogP contribution in [-0.2, 0) is 9.53 Å². The topological polar surface area (TPSA) is 52.6 Å². The molecule has 0 aliphatic carbocycles. The monoisotopic (exact) mass is 254 g/mol. The molecule has 1 aliphatic rings. The van der Waals surface area contributed by atoms with Crippen LogP contribution in [-0.4, -0.2) is 37.1 Å². The first-order chi connectivity index (χ1) is 7.56. The number of alkyl halides is 3. The van der Waals surface area contributed by atoms with Gasteiger partial charge in [0.25, 0.3) is 0 Å². The predicted octanol–water partition coefficient (Wildman–Crippen LogP) is 0.577. The third kappa shape index (κ3) is 3.10. The summed E-state index contributed by atoms with van der Waals surface area (Å²) in [6, 6.07) is 0. The number of nitrogens with zero attached hydrogens (tertiary/aromatic N) is 1. The molecule has 0 bridgehead atoms. The van der Waals surface area contributed by atoms with Gasteiger partial charge in [0.2, 0.25) is 0 Å². The fourth-order valence-corrected chi connectivity index (χ4v) is 2.04. The molecule has 1 aliphatic heterocycles. The van der Waals surface area contributed by atoms with Crippen LogP contribution >= 0.6 is 0 Å². The molecule has 100 valence electrons. The van der Waals surface area contributed by atoms with Crippen molar-refractivity contribution in [2.24, 2.45) is 11.3 Å². The molecule has 1 saturated heterocycles. The molecule has 17 heavy (non-hydrogen) atoms. The highest BCUT2D eigenvalue weighted by Gasteiger charge is 2.46. The Labute approximate surface area is 97.3 Å². The van der Waals surface area contributed by atoms with Crippen molar-refractivity contribution in [3.8, 4) is 0 Å². The van der Waals surface area contributed by atoms with Gasteiger partial charge in [-0.2, -0.15) is 0 Å². The van der Waals surface area contributed by atoms with Gasteiger partial charge in [0.1, 0.15) is 6.23 Å². The lowest BCUT2D eigenvalue weighted by Crippen LogP contribution is -2.57. The van der Waals surface area contributed by atoms with Gasteiger partial charge in [-0.15, -0.1) is 13.2 Å². The van der Waals surface area contributed by atoms with E-state index in [0.29, 0.717) is 0 Å². The van der Waals surface area contributed by atoms with Crippen LogP contribution in [0.1, 0.15) is 20.3 Å². The van der Waals surface area contributed by atoms with Gasteiger partial charge in [0.05, 0.1) is 0 Å². The summed E-state index contributed by atoms with van der Waals surface area (Å²) < 4.78 is 40.4. The number of likely N-dealkylation sites (tertiary alicyclic amines) is 1. The van der Waals surface area contributed by atoms with E-state index in [4.69, 9.17) is 0 Å². The number of hydrogen-bond donors (Lipinski definition) is 0. The fraction of sp³-hybridized carbons (Fsp3) is 0.900. The number of ether oxygens (including phenoxy) is 1. The zero-order valence-electron chi connectivity index (χ0n) is 9.87. The number of carbonyl (C=O) groups excluding carboxylic acids is 1. The highest BCUT2D eigenvalue weighted by Crippen LogP contribution is 2.39. The Balaban J connectivity index is 2.84. The first-order valence-corrected chi connectivity index (χ1v) is 5.22. The Morgan fingerprint density at radius 3 is 2.47 bits per heavy atom. The van der Waals surface area contributed by atoms with Gasteiger partial charge in [0.15, 0.2) is 0 Å². The van der Waals surface area contributed by atoms with Crippen molar-refractivity contribution in [3.63, 3.8) is 0 Å². The SMILES string of the molecule is CC1CN(C)C(OC(F)(F)F)CC1(C)C(=O)[O-]. The minimum atomic E-state index is -4.77.